The number of benzene rings is 2. The van der Waals surface area contributed by atoms with E-state index in [0.717, 1.165) is 5.56 Å². The van der Waals surface area contributed by atoms with Crippen LogP contribution in [0.3, 0.4) is 0 Å². The van der Waals surface area contributed by atoms with Gasteiger partial charge >= 0.3 is 0 Å². The molecule has 2 aromatic rings. The van der Waals surface area contributed by atoms with E-state index in [0.29, 0.717) is 27.3 Å². The van der Waals surface area contributed by atoms with Crippen molar-refractivity contribution in [1.29, 1.82) is 0 Å². The maximum Gasteiger partial charge on any atom is 0.261 e. The van der Waals surface area contributed by atoms with E-state index in [1.165, 1.54) is 26.2 Å². The zero-order valence-electron chi connectivity index (χ0n) is 17.2. The molecule has 30 heavy (non-hydrogen) atoms. The molecule has 2 rings (SSSR count). The number of carbonyl (C=O) groups is 2. The van der Waals surface area contributed by atoms with Gasteiger partial charge in [-0.05, 0) is 24.6 Å². The van der Waals surface area contributed by atoms with Crippen LogP contribution in [-0.2, 0) is 16.1 Å². The Morgan fingerprint density at radius 1 is 1.00 bits per heavy atom. The third-order valence-electron chi connectivity index (χ3n) is 4.44. The number of carbonyl (C=O) groups excluding carboxylic acids is 2. The van der Waals surface area contributed by atoms with Crippen LogP contribution in [0.1, 0.15) is 12.5 Å². The number of amides is 2. The molecule has 0 fully saturated rings. The molecule has 1 N–H and O–H groups in total. The van der Waals surface area contributed by atoms with E-state index in [1.807, 2.05) is 0 Å². The molecule has 2 aromatic carbocycles. The molecule has 0 heterocycles. The third-order valence-corrected chi connectivity index (χ3v) is 5.18. The van der Waals surface area contributed by atoms with Crippen LogP contribution in [0.15, 0.2) is 36.4 Å². The maximum atomic E-state index is 12.9. The lowest BCUT2D eigenvalue weighted by Crippen LogP contribution is -2.48. The number of likely N-dealkylation sites (N-methyl/N-ethyl adjacent to an activating group) is 1. The van der Waals surface area contributed by atoms with Crippen LogP contribution >= 0.6 is 23.2 Å². The molecule has 0 bridgehead atoms. The minimum Gasteiger partial charge on any atom is -0.496 e. The summed E-state index contributed by atoms with van der Waals surface area (Å²) < 4.78 is 16.1. The topological polar surface area (TPSA) is 77.1 Å². The Morgan fingerprint density at radius 2 is 1.60 bits per heavy atom. The third kappa shape index (κ3) is 6.18. The lowest BCUT2D eigenvalue weighted by molar-refractivity contribution is -0.142. The van der Waals surface area contributed by atoms with E-state index in [9.17, 15) is 9.59 Å². The Balaban J connectivity index is 2.19. The Bertz CT molecular complexity index is 885. The molecule has 0 aliphatic carbocycles. The van der Waals surface area contributed by atoms with Gasteiger partial charge in [0.25, 0.3) is 5.91 Å². The summed E-state index contributed by atoms with van der Waals surface area (Å²) in [5.41, 5.74) is 0.733. The number of rotatable bonds is 9. The summed E-state index contributed by atoms with van der Waals surface area (Å²) in [6, 6.07) is 9.31. The van der Waals surface area contributed by atoms with Gasteiger partial charge in [0.2, 0.25) is 5.91 Å². The highest BCUT2D eigenvalue weighted by atomic mass is 35.5. The fourth-order valence-corrected chi connectivity index (χ4v) is 3.04. The monoisotopic (exact) mass is 454 g/mol. The SMILES string of the molecule is CNC(=O)[C@@H](C)N(Cc1ccc(Cl)c(Cl)c1)C(=O)COc1cc(OC)cc(OC)c1. The van der Waals surface area contributed by atoms with Gasteiger partial charge in [0.05, 0.1) is 24.3 Å². The van der Waals surface area contributed by atoms with Crippen LogP contribution in [0.4, 0.5) is 0 Å². The molecule has 0 saturated heterocycles. The lowest BCUT2D eigenvalue weighted by Gasteiger charge is -2.28. The number of ether oxygens (including phenoxy) is 3. The van der Waals surface area contributed by atoms with Crippen molar-refractivity contribution in [3.8, 4) is 17.2 Å². The van der Waals surface area contributed by atoms with E-state index in [-0.39, 0.29) is 25.0 Å². The number of hydrogen-bond acceptors (Lipinski definition) is 5. The summed E-state index contributed by atoms with van der Waals surface area (Å²) >= 11 is 12.0. The Kier molecular flexibility index (Phi) is 8.62. The number of methoxy groups -OCH3 is 2. The second-order valence-electron chi connectivity index (χ2n) is 6.40. The summed E-state index contributed by atoms with van der Waals surface area (Å²) in [6.45, 7) is 1.52. The highest BCUT2D eigenvalue weighted by molar-refractivity contribution is 6.42. The van der Waals surface area contributed by atoms with Crippen LogP contribution in [-0.4, -0.2) is 50.6 Å². The molecule has 0 aromatic heterocycles. The van der Waals surface area contributed by atoms with Gasteiger partial charge in [-0.3, -0.25) is 9.59 Å². The van der Waals surface area contributed by atoms with Gasteiger partial charge in [-0.15, -0.1) is 0 Å². The minimum atomic E-state index is -0.722. The number of hydrogen-bond donors (Lipinski definition) is 1. The highest BCUT2D eigenvalue weighted by Crippen LogP contribution is 2.28. The molecule has 162 valence electrons. The second kappa shape index (κ2) is 10.9. The fourth-order valence-electron chi connectivity index (χ4n) is 2.72. The first-order valence-electron chi connectivity index (χ1n) is 9.10. The molecular formula is C21H24Cl2N2O5. The maximum absolute atomic E-state index is 12.9. The predicted molar refractivity (Wildman–Crippen MR) is 116 cm³/mol. The normalized spacial score (nSPS) is 11.4. The quantitative estimate of drug-likeness (QED) is 0.626. The second-order valence-corrected chi connectivity index (χ2v) is 7.21. The zero-order valence-corrected chi connectivity index (χ0v) is 18.7. The van der Waals surface area contributed by atoms with Crippen molar-refractivity contribution in [2.24, 2.45) is 0 Å². The zero-order chi connectivity index (χ0) is 22.3. The van der Waals surface area contributed by atoms with E-state index < -0.39 is 6.04 Å². The molecule has 0 radical (unpaired) electrons. The van der Waals surface area contributed by atoms with Crippen LogP contribution in [0.25, 0.3) is 0 Å². The van der Waals surface area contributed by atoms with Gasteiger partial charge in [-0.2, -0.15) is 0 Å². The molecule has 0 aliphatic heterocycles. The summed E-state index contributed by atoms with van der Waals surface area (Å²) in [6.07, 6.45) is 0. The van der Waals surface area contributed by atoms with Crippen molar-refractivity contribution in [3.05, 3.63) is 52.0 Å². The average molecular weight is 455 g/mol. The van der Waals surface area contributed by atoms with Gasteiger partial charge < -0.3 is 24.4 Å². The number of nitrogens with zero attached hydrogens (tertiary/aromatic N) is 1. The lowest BCUT2D eigenvalue weighted by atomic mass is 10.1. The van der Waals surface area contributed by atoms with Crippen molar-refractivity contribution in [2.45, 2.75) is 19.5 Å². The molecular weight excluding hydrogens is 431 g/mol. The fraction of sp³-hybridized carbons (Fsp3) is 0.333. The van der Waals surface area contributed by atoms with E-state index in [2.05, 4.69) is 5.32 Å². The van der Waals surface area contributed by atoms with Gasteiger partial charge in [0.1, 0.15) is 23.3 Å². The molecule has 2 amide bonds. The number of nitrogens with one attached hydrogen (secondary N) is 1. The van der Waals surface area contributed by atoms with E-state index in [4.69, 9.17) is 37.4 Å². The first-order chi connectivity index (χ1) is 14.3. The predicted octanol–water partition coefficient (Wildman–Crippen LogP) is 3.55. The minimum absolute atomic E-state index is 0.162. The van der Waals surface area contributed by atoms with Gasteiger partial charge in [-0.25, -0.2) is 0 Å². The van der Waals surface area contributed by atoms with Crippen molar-refractivity contribution in [1.82, 2.24) is 10.2 Å². The summed E-state index contributed by atoms with van der Waals surface area (Å²) in [7, 11) is 4.56. The van der Waals surface area contributed by atoms with Crippen LogP contribution in [0, 0.1) is 0 Å². The van der Waals surface area contributed by atoms with Crippen molar-refractivity contribution in [2.75, 3.05) is 27.9 Å². The highest BCUT2D eigenvalue weighted by Gasteiger charge is 2.26. The van der Waals surface area contributed by atoms with Crippen molar-refractivity contribution < 1.29 is 23.8 Å². The van der Waals surface area contributed by atoms with Gasteiger partial charge in [-0.1, -0.05) is 29.3 Å². The molecule has 0 aliphatic rings. The van der Waals surface area contributed by atoms with Crippen molar-refractivity contribution in [3.63, 3.8) is 0 Å². The molecule has 0 unspecified atom stereocenters. The van der Waals surface area contributed by atoms with E-state index in [1.54, 1.807) is 43.3 Å². The molecule has 0 spiro atoms. The van der Waals surface area contributed by atoms with Gasteiger partial charge in [0.15, 0.2) is 6.61 Å². The van der Waals surface area contributed by atoms with Gasteiger partial charge in [0, 0.05) is 31.8 Å². The smallest absolute Gasteiger partial charge is 0.261 e. The Hall–Kier alpha value is -2.64. The van der Waals surface area contributed by atoms with Crippen LogP contribution < -0.4 is 19.5 Å². The molecule has 9 heteroatoms. The Morgan fingerprint density at radius 3 is 2.13 bits per heavy atom. The van der Waals surface area contributed by atoms with Crippen LogP contribution in [0.5, 0.6) is 17.2 Å². The van der Waals surface area contributed by atoms with Crippen LogP contribution in [0.2, 0.25) is 10.0 Å². The molecule has 1 atom stereocenters. The average Bonchev–Trinajstić information content (AvgIpc) is 2.76. The first kappa shape index (κ1) is 23.6. The number of halogens is 2. The summed E-state index contributed by atoms with van der Waals surface area (Å²) in [5, 5.41) is 3.34. The van der Waals surface area contributed by atoms with E-state index >= 15 is 0 Å². The molecule has 7 nitrogen and oxygen atoms in total. The first-order valence-corrected chi connectivity index (χ1v) is 9.85. The summed E-state index contributed by atoms with van der Waals surface area (Å²) in [5.74, 6) is 0.790. The largest absolute Gasteiger partial charge is 0.496 e. The molecule has 0 saturated carbocycles. The van der Waals surface area contributed by atoms with Crippen molar-refractivity contribution >= 4 is 35.0 Å². The Labute approximate surface area is 185 Å². The summed E-state index contributed by atoms with van der Waals surface area (Å²) in [4.78, 5) is 26.5. The standard InChI is InChI=1S/C21H24Cl2N2O5/c1-13(21(27)24-2)25(11-14-5-6-18(22)19(23)7-14)20(26)12-30-17-9-15(28-3)8-16(10-17)29-4/h5-10,13H,11-12H2,1-4H3,(H,24,27)/t13-/m1/s1.